The van der Waals surface area contributed by atoms with Crippen molar-refractivity contribution in [1.82, 2.24) is 0 Å². The molecule has 0 aliphatic rings. The van der Waals surface area contributed by atoms with E-state index in [9.17, 15) is 9.59 Å². The maximum absolute atomic E-state index is 11.1. The predicted octanol–water partition coefficient (Wildman–Crippen LogP) is 2.15. The summed E-state index contributed by atoms with van der Waals surface area (Å²) in [5.41, 5.74) is 0.416. The Morgan fingerprint density at radius 3 is 2.42 bits per heavy atom. The van der Waals surface area contributed by atoms with E-state index in [1.165, 1.54) is 6.08 Å². The van der Waals surface area contributed by atoms with Crippen LogP contribution in [-0.4, -0.2) is 10.9 Å². The number of allylic oxidation sites excluding steroid dienone is 1. The third-order valence-electron chi connectivity index (χ3n) is 1.49. The standard InChI is InChI=1S/C9H14O2S/c1-3-4-5-8(10)6-7(2)9(11)12/h6H,3-5H2,1-2H3,(H,11,12). The summed E-state index contributed by atoms with van der Waals surface area (Å²) in [6.07, 6.45) is 3.76. The normalized spacial score (nSPS) is 11.4. The van der Waals surface area contributed by atoms with Gasteiger partial charge in [-0.3, -0.25) is 9.59 Å². The first-order valence-electron chi connectivity index (χ1n) is 4.02. The minimum Gasteiger partial charge on any atom is -0.295 e. The molecule has 0 saturated carbocycles. The Hall–Kier alpha value is -0.570. The lowest BCUT2D eigenvalue weighted by Gasteiger charge is -1.94. The molecular weight excluding hydrogens is 172 g/mol. The van der Waals surface area contributed by atoms with E-state index in [1.54, 1.807) is 6.92 Å². The fraction of sp³-hybridized carbons (Fsp3) is 0.556. The molecule has 0 atom stereocenters. The second-order valence-corrected chi connectivity index (χ2v) is 3.11. The van der Waals surface area contributed by atoms with Gasteiger partial charge >= 0.3 is 0 Å². The molecule has 0 aliphatic carbocycles. The number of carbonyl (C=O) groups is 2. The van der Waals surface area contributed by atoms with Crippen molar-refractivity contribution < 1.29 is 9.59 Å². The molecule has 0 bridgehead atoms. The summed E-state index contributed by atoms with van der Waals surface area (Å²) >= 11 is 3.60. The zero-order valence-corrected chi connectivity index (χ0v) is 8.36. The number of rotatable bonds is 5. The van der Waals surface area contributed by atoms with Crippen molar-refractivity contribution in [3.8, 4) is 0 Å². The molecule has 2 nitrogen and oxygen atoms in total. The molecule has 0 heterocycles. The molecule has 0 aliphatic heterocycles. The van der Waals surface area contributed by atoms with Crippen molar-refractivity contribution in [3.05, 3.63) is 11.6 Å². The molecule has 0 aromatic heterocycles. The summed E-state index contributed by atoms with van der Waals surface area (Å²) in [6.45, 7) is 3.62. The molecule has 0 amide bonds. The molecule has 3 heteroatoms. The van der Waals surface area contributed by atoms with Crippen molar-refractivity contribution in [2.45, 2.75) is 33.1 Å². The van der Waals surface area contributed by atoms with Crippen LogP contribution in [0.15, 0.2) is 11.6 Å². The maximum atomic E-state index is 11.1. The van der Waals surface area contributed by atoms with Crippen molar-refractivity contribution in [3.63, 3.8) is 0 Å². The molecule has 0 saturated heterocycles. The first kappa shape index (κ1) is 11.4. The van der Waals surface area contributed by atoms with Crippen LogP contribution in [0.1, 0.15) is 33.1 Å². The molecule has 0 fully saturated rings. The van der Waals surface area contributed by atoms with Crippen LogP contribution in [0.3, 0.4) is 0 Å². The highest BCUT2D eigenvalue weighted by Crippen LogP contribution is 2.02. The summed E-state index contributed by atoms with van der Waals surface area (Å²) in [5.74, 6) is 0.0109. The Balaban J connectivity index is 3.97. The fourth-order valence-electron chi connectivity index (χ4n) is 0.726. The van der Waals surface area contributed by atoms with Crippen LogP contribution in [-0.2, 0) is 9.59 Å². The van der Waals surface area contributed by atoms with Gasteiger partial charge in [0.2, 0.25) is 5.12 Å². The van der Waals surface area contributed by atoms with Gasteiger partial charge in [-0.2, -0.15) is 0 Å². The molecule has 0 aromatic rings. The second-order valence-electron chi connectivity index (χ2n) is 2.70. The highest BCUT2D eigenvalue weighted by molar-refractivity contribution is 7.97. The van der Waals surface area contributed by atoms with Crippen LogP contribution in [0.5, 0.6) is 0 Å². The van der Waals surface area contributed by atoms with Crippen molar-refractivity contribution in [2.24, 2.45) is 0 Å². The minimum absolute atomic E-state index is 0.0109. The molecule has 0 N–H and O–H groups in total. The lowest BCUT2D eigenvalue weighted by molar-refractivity contribution is -0.115. The first-order chi connectivity index (χ1) is 5.57. The third kappa shape index (κ3) is 5.13. The Bertz CT molecular complexity index is 207. The zero-order chi connectivity index (χ0) is 9.56. The summed E-state index contributed by atoms with van der Waals surface area (Å²) in [7, 11) is 0. The summed E-state index contributed by atoms with van der Waals surface area (Å²) < 4.78 is 0. The van der Waals surface area contributed by atoms with E-state index in [-0.39, 0.29) is 10.9 Å². The van der Waals surface area contributed by atoms with E-state index in [0.29, 0.717) is 12.0 Å². The molecule has 0 spiro atoms. The van der Waals surface area contributed by atoms with Crippen LogP contribution in [0, 0.1) is 0 Å². The number of thiol groups is 1. The lowest BCUT2D eigenvalue weighted by Crippen LogP contribution is -1.97. The monoisotopic (exact) mass is 186 g/mol. The van der Waals surface area contributed by atoms with Gasteiger partial charge in [-0.15, -0.1) is 12.6 Å². The van der Waals surface area contributed by atoms with Gasteiger partial charge in [-0.25, -0.2) is 0 Å². The molecule has 0 aromatic carbocycles. The van der Waals surface area contributed by atoms with E-state index in [1.807, 2.05) is 6.92 Å². The van der Waals surface area contributed by atoms with Gasteiger partial charge in [0, 0.05) is 12.0 Å². The van der Waals surface area contributed by atoms with Crippen LogP contribution in [0.4, 0.5) is 0 Å². The number of ketones is 1. The Kier molecular flexibility index (Phi) is 5.72. The second kappa shape index (κ2) is 6.00. The van der Waals surface area contributed by atoms with E-state index in [0.717, 1.165) is 12.8 Å². The average Bonchev–Trinajstić information content (AvgIpc) is 2.00. The SMILES string of the molecule is CCCCC(=O)C=C(C)C(=O)S. The summed E-state index contributed by atoms with van der Waals surface area (Å²) in [6, 6.07) is 0. The van der Waals surface area contributed by atoms with Crippen LogP contribution in [0.2, 0.25) is 0 Å². The number of carbonyl (C=O) groups excluding carboxylic acids is 2. The van der Waals surface area contributed by atoms with Gasteiger partial charge < -0.3 is 0 Å². The average molecular weight is 186 g/mol. The molecule has 0 radical (unpaired) electrons. The summed E-state index contributed by atoms with van der Waals surface area (Å²) in [5, 5.41) is -0.333. The molecular formula is C9H14O2S. The fourth-order valence-corrected chi connectivity index (χ4v) is 0.791. The molecule has 0 unspecified atom stereocenters. The van der Waals surface area contributed by atoms with Crippen LogP contribution in [0.25, 0.3) is 0 Å². The summed E-state index contributed by atoms with van der Waals surface area (Å²) in [4.78, 5) is 21.7. The Morgan fingerprint density at radius 1 is 1.42 bits per heavy atom. The van der Waals surface area contributed by atoms with E-state index in [2.05, 4.69) is 12.6 Å². The van der Waals surface area contributed by atoms with Gasteiger partial charge in [0.15, 0.2) is 5.78 Å². The van der Waals surface area contributed by atoms with Crippen molar-refractivity contribution in [2.75, 3.05) is 0 Å². The zero-order valence-electron chi connectivity index (χ0n) is 7.46. The van der Waals surface area contributed by atoms with Crippen molar-refractivity contribution >= 4 is 23.5 Å². The maximum Gasteiger partial charge on any atom is 0.212 e. The predicted molar refractivity (Wildman–Crippen MR) is 52.3 cm³/mol. The van der Waals surface area contributed by atoms with Crippen molar-refractivity contribution in [1.29, 1.82) is 0 Å². The Labute approximate surface area is 78.4 Å². The van der Waals surface area contributed by atoms with Gasteiger partial charge in [-0.1, -0.05) is 13.3 Å². The van der Waals surface area contributed by atoms with E-state index in [4.69, 9.17) is 0 Å². The van der Waals surface area contributed by atoms with Gasteiger partial charge in [0.1, 0.15) is 0 Å². The van der Waals surface area contributed by atoms with E-state index < -0.39 is 0 Å². The number of unbranched alkanes of at least 4 members (excludes halogenated alkanes) is 1. The largest absolute Gasteiger partial charge is 0.295 e. The van der Waals surface area contributed by atoms with E-state index >= 15 is 0 Å². The highest BCUT2D eigenvalue weighted by atomic mass is 32.1. The van der Waals surface area contributed by atoms with Crippen LogP contribution >= 0.6 is 12.6 Å². The van der Waals surface area contributed by atoms with Gasteiger partial charge in [0.05, 0.1) is 0 Å². The highest BCUT2D eigenvalue weighted by Gasteiger charge is 2.01. The number of hydrogen-bond acceptors (Lipinski definition) is 2. The minimum atomic E-state index is -0.333. The van der Waals surface area contributed by atoms with Gasteiger partial charge in [-0.05, 0) is 19.4 Å². The smallest absolute Gasteiger partial charge is 0.212 e. The molecule has 12 heavy (non-hydrogen) atoms. The Morgan fingerprint density at radius 2 is 2.00 bits per heavy atom. The van der Waals surface area contributed by atoms with Crippen LogP contribution < -0.4 is 0 Å². The third-order valence-corrected chi connectivity index (χ3v) is 1.84. The topological polar surface area (TPSA) is 34.1 Å². The number of hydrogen-bond donors (Lipinski definition) is 1. The quantitative estimate of drug-likeness (QED) is 0.527. The molecule has 68 valence electrons. The van der Waals surface area contributed by atoms with Gasteiger partial charge in [0.25, 0.3) is 0 Å². The first-order valence-corrected chi connectivity index (χ1v) is 4.47. The molecule has 0 rings (SSSR count). The lowest BCUT2D eigenvalue weighted by atomic mass is 10.1.